The number of rotatable bonds is 4. The summed E-state index contributed by atoms with van der Waals surface area (Å²) >= 11 is 7.26. The molecule has 0 aromatic carbocycles. The van der Waals surface area contributed by atoms with Gasteiger partial charge in [0.2, 0.25) is 5.91 Å². The quantitative estimate of drug-likeness (QED) is 0.682. The summed E-state index contributed by atoms with van der Waals surface area (Å²) in [7, 11) is 1.41. The maximum atomic E-state index is 11.8. The summed E-state index contributed by atoms with van der Waals surface area (Å²) < 4.78 is 5.45. The zero-order valence-corrected chi connectivity index (χ0v) is 13.4. The van der Waals surface area contributed by atoms with Crippen LogP contribution in [0.25, 0.3) is 6.08 Å². The highest BCUT2D eigenvalue weighted by molar-refractivity contribution is 7.17. The van der Waals surface area contributed by atoms with Gasteiger partial charge in [-0.05, 0) is 43.9 Å². The Balaban J connectivity index is 1.77. The Labute approximate surface area is 133 Å². The predicted octanol–water partition coefficient (Wildman–Crippen LogP) is 3.26. The van der Waals surface area contributed by atoms with Gasteiger partial charge >= 0.3 is 5.97 Å². The van der Waals surface area contributed by atoms with Gasteiger partial charge in [-0.25, -0.2) is 0 Å². The van der Waals surface area contributed by atoms with E-state index in [1.165, 1.54) is 24.5 Å². The number of methoxy groups -OCH3 is 1. The summed E-state index contributed by atoms with van der Waals surface area (Å²) in [4.78, 5) is 24.2. The number of carbonyl (C=O) groups is 2. The fourth-order valence-corrected chi connectivity index (χ4v) is 3.43. The smallest absolute Gasteiger partial charge is 0.308 e. The molecule has 1 aliphatic carbocycles. The standard InChI is InChI=1S/C15H18ClNO3S/c1-20-15(19)10-2-4-11(5-3-10)17-14(18)9-7-12-6-8-13(16)21-12/h6-11H,2-5H2,1H3,(H,17,18)/b9-7+. The van der Waals surface area contributed by atoms with Crippen LogP contribution in [0.2, 0.25) is 4.34 Å². The van der Waals surface area contributed by atoms with Gasteiger partial charge in [-0.15, -0.1) is 11.3 Å². The molecule has 1 amide bonds. The highest BCUT2D eigenvalue weighted by Gasteiger charge is 2.27. The highest BCUT2D eigenvalue weighted by atomic mass is 35.5. The van der Waals surface area contributed by atoms with E-state index < -0.39 is 0 Å². The van der Waals surface area contributed by atoms with Crippen LogP contribution in [0.15, 0.2) is 18.2 Å². The van der Waals surface area contributed by atoms with Crippen LogP contribution >= 0.6 is 22.9 Å². The number of carbonyl (C=O) groups excluding carboxylic acids is 2. The molecule has 1 fully saturated rings. The predicted molar refractivity (Wildman–Crippen MR) is 84.3 cm³/mol. The summed E-state index contributed by atoms with van der Waals surface area (Å²) in [5, 5.41) is 2.97. The number of esters is 1. The van der Waals surface area contributed by atoms with Crippen LogP contribution in [0.4, 0.5) is 0 Å². The van der Waals surface area contributed by atoms with Crippen molar-refractivity contribution in [2.45, 2.75) is 31.7 Å². The van der Waals surface area contributed by atoms with Gasteiger partial charge in [0.05, 0.1) is 17.4 Å². The van der Waals surface area contributed by atoms with E-state index in [1.807, 2.05) is 6.07 Å². The average molecular weight is 328 g/mol. The Kier molecular flexibility index (Phi) is 5.82. The number of amides is 1. The molecule has 0 bridgehead atoms. The molecule has 1 N–H and O–H groups in total. The van der Waals surface area contributed by atoms with Crippen molar-refractivity contribution in [2.75, 3.05) is 7.11 Å². The van der Waals surface area contributed by atoms with Crippen LogP contribution in [-0.4, -0.2) is 25.0 Å². The topological polar surface area (TPSA) is 55.4 Å². The molecule has 0 atom stereocenters. The van der Waals surface area contributed by atoms with Crippen molar-refractivity contribution in [1.29, 1.82) is 0 Å². The Morgan fingerprint density at radius 3 is 2.62 bits per heavy atom. The fourth-order valence-electron chi connectivity index (χ4n) is 2.47. The first-order valence-corrected chi connectivity index (χ1v) is 8.09. The first kappa shape index (κ1) is 16.0. The van der Waals surface area contributed by atoms with Crippen molar-refractivity contribution < 1.29 is 14.3 Å². The van der Waals surface area contributed by atoms with Gasteiger partial charge in [0, 0.05) is 17.0 Å². The first-order valence-electron chi connectivity index (χ1n) is 6.90. The molecule has 1 saturated carbocycles. The maximum Gasteiger partial charge on any atom is 0.308 e. The molecule has 6 heteroatoms. The zero-order valence-electron chi connectivity index (χ0n) is 11.8. The van der Waals surface area contributed by atoms with E-state index in [0.29, 0.717) is 4.34 Å². The Hall–Kier alpha value is -1.33. The third-order valence-electron chi connectivity index (χ3n) is 3.60. The summed E-state index contributed by atoms with van der Waals surface area (Å²) in [6.45, 7) is 0. The van der Waals surface area contributed by atoms with Crippen LogP contribution in [0.1, 0.15) is 30.6 Å². The van der Waals surface area contributed by atoms with Crippen LogP contribution < -0.4 is 5.32 Å². The van der Waals surface area contributed by atoms with Gasteiger partial charge in [0.25, 0.3) is 0 Å². The molecule has 0 unspecified atom stereocenters. The summed E-state index contributed by atoms with van der Waals surface area (Å²) in [6, 6.07) is 3.81. The Morgan fingerprint density at radius 2 is 2.05 bits per heavy atom. The van der Waals surface area contributed by atoms with Crippen molar-refractivity contribution in [1.82, 2.24) is 5.32 Å². The van der Waals surface area contributed by atoms with Crippen LogP contribution in [0.5, 0.6) is 0 Å². The molecule has 0 aliphatic heterocycles. The van der Waals surface area contributed by atoms with Gasteiger partial charge in [-0.3, -0.25) is 9.59 Å². The van der Waals surface area contributed by atoms with Gasteiger partial charge < -0.3 is 10.1 Å². The molecular formula is C15H18ClNO3S. The normalized spacial score (nSPS) is 22.2. The molecule has 114 valence electrons. The van der Waals surface area contributed by atoms with Gasteiger partial charge in [0.1, 0.15) is 0 Å². The average Bonchev–Trinajstić information content (AvgIpc) is 2.91. The molecule has 0 saturated heterocycles. The Bertz CT molecular complexity index is 533. The Morgan fingerprint density at radius 1 is 1.33 bits per heavy atom. The van der Waals surface area contributed by atoms with Gasteiger partial charge in [0.15, 0.2) is 0 Å². The van der Waals surface area contributed by atoms with E-state index >= 15 is 0 Å². The van der Waals surface area contributed by atoms with Crippen molar-refractivity contribution >= 4 is 40.9 Å². The summed E-state index contributed by atoms with van der Waals surface area (Å²) in [5.74, 6) is -0.276. The van der Waals surface area contributed by atoms with E-state index in [4.69, 9.17) is 16.3 Å². The van der Waals surface area contributed by atoms with Crippen LogP contribution in [-0.2, 0) is 14.3 Å². The number of nitrogens with one attached hydrogen (secondary N) is 1. The fraction of sp³-hybridized carbons (Fsp3) is 0.467. The highest BCUT2D eigenvalue weighted by Crippen LogP contribution is 2.25. The third-order valence-corrected chi connectivity index (χ3v) is 4.80. The molecule has 0 spiro atoms. The molecule has 1 aliphatic rings. The molecular weight excluding hydrogens is 310 g/mol. The number of hydrogen-bond donors (Lipinski definition) is 1. The molecule has 4 nitrogen and oxygen atoms in total. The second-order valence-electron chi connectivity index (χ2n) is 5.06. The lowest BCUT2D eigenvalue weighted by molar-refractivity contribution is -0.146. The third kappa shape index (κ3) is 4.86. The monoisotopic (exact) mass is 327 g/mol. The molecule has 2 rings (SSSR count). The van der Waals surface area contributed by atoms with E-state index in [-0.39, 0.29) is 23.8 Å². The zero-order chi connectivity index (χ0) is 15.2. The molecule has 1 aromatic heterocycles. The molecule has 0 radical (unpaired) electrons. The number of thiophene rings is 1. The van der Waals surface area contributed by atoms with E-state index in [0.717, 1.165) is 30.6 Å². The van der Waals surface area contributed by atoms with E-state index in [2.05, 4.69) is 5.32 Å². The summed E-state index contributed by atoms with van der Waals surface area (Å²) in [6.07, 6.45) is 6.43. The first-order chi connectivity index (χ1) is 10.1. The van der Waals surface area contributed by atoms with Crippen LogP contribution in [0, 0.1) is 5.92 Å². The minimum absolute atomic E-state index is 0.0213. The lowest BCUT2D eigenvalue weighted by Crippen LogP contribution is -2.38. The minimum atomic E-state index is -0.144. The number of ether oxygens (including phenoxy) is 1. The van der Waals surface area contributed by atoms with E-state index in [9.17, 15) is 9.59 Å². The van der Waals surface area contributed by atoms with Gasteiger partial charge in [-0.1, -0.05) is 11.6 Å². The van der Waals surface area contributed by atoms with Crippen molar-refractivity contribution in [3.63, 3.8) is 0 Å². The van der Waals surface area contributed by atoms with Crippen LogP contribution in [0.3, 0.4) is 0 Å². The molecule has 21 heavy (non-hydrogen) atoms. The molecule has 1 heterocycles. The van der Waals surface area contributed by atoms with E-state index in [1.54, 1.807) is 12.1 Å². The molecule has 1 aromatic rings. The lowest BCUT2D eigenvalue weighted by atomic mass is 9.86. The second-order valence-corrected chi connectivity index (χ2v) is 6.80. The largest absolute Gasteiger partial charge is 0.469 e. The second kappa shape index (κ2) is 7.61. The van der Waals surface area contributed by atoms with Crippen molar-refractivity contribution in [3.05, 3.63) is 27.4 Å². The number of hydrogen-bond acceptors (Lipinski definition) is 4. The van der Waals surface area contributed by atoms with Crippen molar-refractivity contribution in [2.24, 2.45) is 5.92 Å². The number of halogens is 1. The maximum absolute atomic E-state index is 11.8. The van der Waals surface area contributed by atoms with Gasteiger partial charge in [-0.2, -0.15) is 0 Å². The summed E-state index contributed by atoms with van der Waals surface area (Å²) in [5.41, 5.74) is 0. The lowest BCUT2D eigenvalue weighted by Gasteiger charge is -2.27. The minimum Gasteiger partial charge on any atom is -0.469 e. The SMILES string of the molecule is COC(=O)C1CCC(NC(=O)/C=C/c2ccc(Cl)s2)CC1. The van der Waals surface area contributed by atoms with Crippen molar-refractivity contribution in [3.8, 4) is 0 Å².